The zero-order chi connectivity index (χ0) is 14.2. The second kappa shape index (κ2) is 4.88. The van der Waals surface area contributed by atoms with Crippen molar-refractivity contribution in [3.63, 3.8) is 0 Å². The van der Waals surface area contributed by atoms with E-state index in [0.29, 0.717) is 6.07 Å². The van der Waals surface area contributed by atoms with E-state index < -0.39 is 23.5 Å². The lowest BCUT2D eigenvalue weighted by Crippen LogP contribution is -2.21. The van der Waals surface area contributed by atoms with Gasteiger partial charge < -0.3 is 0 Å². The molecule has 1 aromatic carbocycles. The number of aromatic amines is 1. The fourth-order valence-corrected chi connectivity index (χ4v) is 2.00. The molecule has 102 valence electrons. The number of benzene rings is 1. The van der Waals surface area contributed by atoms with Crippen molar-refractivity contribution in [3.8, 4) is 0 Å². The number of nitrogens with zero attached hydrogens (tertiary/aromatic N) is 1. The van der Waals surface area contributed by atoms with E-state index in [1.54, 1.807) is 31.2 Å². The lowest BCUT2D eigenvalue weighted by atomic mass is 10.1. The fourth-order valence-electron chi connectivity index (χ4n) is 1.73. The largest absolute Gasteiger partial charge is 0.432 e. The maximum atomic E-state index is 12.5. The Hall–Kier alpha value is -1.50. The van der Waals surface area contributed by atoms with Gasteiger partial charge in [0.25, 0.3) is 5.56 Å². The van der Waals surface area contributed by atoms with E-state index in [-0.39, 0.29) is 0 Å². The average molecular weight is 335 g/mol. The van der Waals surface area contributed by atoms with Gasteiger partial charge in [-0.15, -0.1) is 0 Å². The van der Waals surface area contributed by atoms with Gasteiger partial charge in [-0.25, -0.2) is 4.68 Å². The highest BCUT2D eigenvalue weighted by molar-refractivity contribution is 9.10. The quantitative estimate of drug-likeness (QED) is 0.895. The number of H-pyrrole nitrogens is 1. The molecule has 1 heterocycles. The fraction of sp³-hybridized carbons (Fsp3) is 0.250. The summed E-state index contributed by atoms with van der Waals surface area (Å²) in [5.41, 5.74) is -1.01. The summed E-state index contributed by atoms with van der Waals surface area (Å²) < 4.78 is 39.4. The molecule has 0 bridgehead atoms. The second-order valence-corrected chi connectivity index (χ2v) is 5.02. The van der Waals surface area contributed by atoms with Crippen LogP contribution in [0.3, 0.4) is 0 Å². The molecule has 1 aromatic heterocycles. The van der Waals surface area contributed by atoms with Crippen molar-refractivity contribution in [1.82, 2.24) is 9.78 Å². The number of rotatable bonds is 2. The molecular weight excluding hydrogens is 325 g/mol. The first-order valence-electron chi connectivity index (χ1n) is 5.43. The minimum absolute atomic E-state index is 0.503. The van der Waals surface area contributed by atoms with Crippen molar-refractivity contribution in [3.05, 3.63) is 56.4 Å². The number of alkyl halides is 3. The third kappa shape index (κ3) is 2.91. The smallest absolute Gasteiger partial charge is 0.291 e. The van der Waals surface area contributed by atoms with Gasteiger partial charge in [0.15, 0.2) is 0 Å². The molecule has 1 unspecified atom stereocenters. The van der Waals surface area contributed by atoms with Gasteiger partial charge in [0.2, 0.25) is 0 Å². The summed E-state index contributed by atoms with van der Waals surface area (Å²) in [6.07, 6.45) is -4.55. The molecule has 0 spiro atoms. The highest BCUT2D eigenvalue weighted by Crippen LogP contribution is 2.27. The van der Waals surface area contributed by atoms with Crippen LogP contribution in [0.2, 0.25) is 0 Å². The minimum Gasteiger partial charge on any atom is -0.291 e. The summed E-state index contributed by atoms with van der Waals surface area (Å²) in [5, 5.41) is 2.10. The van der Waals surface area contributed by atoms with E-state index >= 15 is 0 Å². The summed E-state index contributed by atoms with van der Waals surface area (Å²) in [5.74, 6) is 0. The van der Waals surface area contributed by atoms with E-state index in [1.807, 2.05) is 0 Å². The number of hydrogen-bond donors (Lipinski definition) is 1. The van der Waals surface area contributed by atoms with Crippen molar-refractivity contribution in [2.75, 3.05) is 0 Å². The maximum Gasteiger partial charge on any atom is 0.432 e. The van der Waals surface area contributed by atoms with E-state index in [0.717, 1.165) is 14.7 Å². The van der Waals surface area contributed by atoms with Gasteiger partial charge in [-0.05, 0) is 24.6 Å². The Labute approximate surface area is 115 Å². The third-order valence-corrected chi connectivity index (χ3v) is 3.32. The van der Waals surface area contributed by atoms with E-state index in [2.05, 4.69) is 21.0 Å². The average Bonchev–Trinajstić information content (AvgIpc) is 2.71. The van der Waals surface area contributed by atoms with E-state index in [1.165, 1.54) is 0 Å². The Morgan fingerprint density at radius 3 is 2.32 bits per heavy atom. The van der Waals surface area contributed by atoms with Crippen molar-refractivity contribution >= 4 is 15.9 Å². The molecule has 3 nitrogen and oxygen atoms in total. The topological polar surface area (TPSA) is 37.8 Å². The van der Waals surface area contributed by atoms with Crippen molar-refractivity contribution in [2.24, 2.45) is 0 Å². The molecule has 1 N–H and O–H groups in total. The predicted molar refractivity (Wildman–Crippen MR) is 68.0 cm³/mol. The molecule has 0 aliphatic carbocycles. The molecule has 0 amide bonds. The molecule has 19 heavy (non-hydrogen) atoms. The lowest BCUT2D eigenvalue weighted by molar-refractivity contribution is -0.141. The molecule has 7 heteroatoms. The SMILES string of the molecule is CC(c1ccc(Br)cc1)n1[nH]c(C(F)(F)F)cc1=O. The van der Waals surface area contributed by atoms with Gasteiger partial charge in [0.1, 0.15) is 5.69 Å². The summed E-state index contributed by atoms with van der Waals surface area (Å²) >= 11 is 3.27. The van der Waals surface area contributed by atoms with Gasteiger partial charge in [-0.3, -0.25) is 9.89 Å². The van der Waals surface area contributed by atoms with Crippen LogP contribution in [-0.4, -0.2) is 9.78 Å². The Bertz CT molecular complexity index is 628. The summed E-state index contributed by atoms with van der Waals surface area (Å²) in [4.78, 5) is 11.6. The molecule has 0 aliphatic heterocycles. The van der Waals surface area contributed by atoms with Gasteiger partial charge in [-0.1, -0.05) is 28.1 Å². The van der Waals surface area contributed by atoms with Crippen molar-refractivity contribution < 1.29 is 13.2 Å². The Morgan fingerprint density at radius 1 is 1.26 bits per heavy atom. The first kappa shape index (κ1) is 13.9. The van der Waals surface area contributed by atoms with Gasteiger partial charge in [0, 0.05) is 10.5 Å². The van der Waals surface area contributed by atoms with Crippen LogP contribution in [0.4, 0.5) is 13.2 Å². The van der Waals surface area contributed by atoms with Crippen LogP contribution in [0, 0.1) is 0 Å². The summed E-state index contributed by atoms with van der Waals surface area (Å²) in [7, 11) is 0. The first-order valence-corrected chi connectivity index (χ1v) is 6.22. The molecular formula is C12H10BrF3N2O. The number of hydrogen-bond acceptors (Lipinski definition) is 1. The highest BCUT2D eigenvalue weighted by Gasteiger charge is 2.34. The van der Waals surface area contributed by atoms with Crippen LogP contribution in [0.5, 0.6) is 0 Å². The van der Waals surface area contributed by atoms with Crippen LogP contribution in [-0.2, 0) is 6.18 Å². The molecule has 1 atom stereocenters. The van der Waals surface area contributed by atoms with Gasteiger partial charge >= 0.3 is 6.18 Å². The zero-order valence-corrected chi connectivity index (χ0v) is 11.4. The van der Waals surface area contributed by atoms with Crippen molar-refractivity contribution in [1.29, 1.82) is 0 Å². The normalized spacial score (nSPS) is 13.5. The van der Waals surface area contributed by atoms with Crippen molar-refractivity contribution in [2.45, 2.75) is 19.1 Å². The first-order chi connectivity index (χ1) is 8.79. The van der Waals surface area contributed by atoms with Crippen LogP contribution >= 0.6 is 15.9 Å². The Morgan fingerprint density at radius 2 is 1.84 bits per heavy atom. The van der Waals surface area contributed by atoms with Crippen LogP contribution in [0.15, 0.2) is 39.6 Å². The standard InChI is InChI=1S/C12H10BrF3N2O/c1-7(8-2-4-9(13)5-3-8)18-11(19)6-10(17-18)12(14,15)16/h2-7,17H,1H3. The van der Waals surface area contributed by atoms with Gasteiger partial charge in [-0.2, -0.15) is 13.2 Å². The summed E-state index contributed by atoms with van der Waals surface area (Å²) in [6, 6.07) is 7.09. The van der Waals surface area contributed by atoms with Crippen LogP contribution in [0.1, 0.15) is 24.2 Å². The van der Waals surface area contributed by atoms with E-state index in [9.17, 15) is 18.0 Å². The van der Waals surface area contributed by atoms with E-state index in [4.69, 9.17) is 0 Å². The van der Waals surface area contributed by atoms with Crippen LogP contribution in [0.25, 0.3) is 0 Å². The Kier molecular flexibility index (Phi) is 3.58. The minimum atomic E-state index is -4.55. The highest BCUT2D eigenvalue weighted by atomic mass is 79.9. The zero-order valence-electron chi connectivity index (χ0n) is 9.83. The molecule has 0 fully saturated rings. The molecule has 0 saturated carbocycles. The molecule has 0 radical (unpaired) electrons. The lowest BCUT2D eigenvalue weighted by Gasteiger charge is -2.13. The number of halogens is 4. The van der Waals surface area contributed by atoms with Crippen LogP contribution < -0.4 is 5.56 Å². The monoisotopic (exact) mass is 334 g/mol. The van der Waals surface area contributed by atoms with Gasteiger partial charge in [0.05, 0.1) is 6.04 Å². The number of aromatic nitrogens is 2. The Balaban J connectivity index is 2.39. The molecule has 2 aromatic rings. The predicted octanol–water partition coefficient (Wildman–Crippen LogP) is 3.57. The molecule has 2 rings (SSSR count). The number of nitrogens with one attached hydrogen (secondary N) is 1. The summed E-state index contributed by atoms with van der Waals surface area (Å²) in [6.45, 7) is 1.65. The second-order valence-electron chi connectivity index (χ2n) is 4.10. The molecule has 0 aliphatic rings. The third-order valence-electron chi connectivity index (χ3n) is 2.79. The maximum absolute atomic E-state index is 12.5. The molecule has 0 saturated heterocycles.